The molecule has 2 heterocycles. The number of phenols is 1. The Balaban J connectivity index is 1.82. The molecule has 4 unspecified atom stereocenters. The zero-order valence-electron chi connectivity index (χ0n) is 19.3. The molecule has 0 bridgehead atoms. The molecule has 1 amide bonds. The second-order valence-electron chi connectivity index (χ2n) is 8.16. The van der Waals surface area contributed by atoms with Crippen molar-refractivity contribution in [3.63, 3.8) is 0 Å². The fraction of sp³-hybridized carbons (Fsp3) is 0.458. The molecule has 9 nitrogen and oxygen atoms in total. The highest BCUT2D eigenvalue weighted by Gasteiger charge is 2.55. The highest BCUT2D eigenvalue weighted by molar-refractivity contribution is 5.86. The van der Waals surface area contributed by atoms with Gasteiger partial charge in [-0.2, -0.15) is 0 Å². The second-order valence-corrected chi connectivity index (χ2v) is 8.16. The maximum Gasteiger partial charge on any atom is 0.242 e. The van der Waals surface area contributed by atoms with Crippen molar-refractivity contribution in [3.8, 4) is 23.0 Å². The third-order valence-electron chi connectivity index (χ3n) is 6.46. The van der Waals surface area contributed by atoms with Crippen molar-refractivity contribution in [3.05, 3.63) is 47.5 Å². The molecule has 2 aromatic rings. The first-order valence-corrected chi connectivity index (χ1v) is 10.9. The van der Waals surface area contributed by atoms with E-state index in [0.717, 1.165) is 11.1 Å². The number of nitrogens with one attached hydrogen (secondary N) is 2. The van der Waals surface area contributed by atoms with Crippen molar-refractivity contribution in [2.45, 2.75) is 24.5 Å². The Kier molecular flexibility index (Phi) is 6.92. The lowest BCUT2D eigenvalue weighted by Gasteiger charge is -2.32. The van der Waals surface area contributed by atoms with E-state index in [2.05, 4.69) is 10.9 Å². The Hall–Kier alpha value is -3.01. The van der Waals surface area contributed by atoms with Crippen LogP contribution in [0.15, 0.2) is 36.4 Å². The number of carbonyl (C=O) groups is 1. The second kappa shape index (κ2) is 9.86. The summed E-state index contributed by atoms with van der Waals surface area (Å²) in [7, 11) is 6.36. The van der Waals surface area contributed by atoms with Gasteiger partial charge in [0.2, 0.25) is 11.7 Å². The van der Waals surface area contributed by atoms with Crippen LogP contribution in [-0.2, 0) is 9.53 Å². The fourth-order valence-electron chi connectivity index (χ4n) is 5.02. The predicted octanol–water partition coefficient (Wildman–Crippen LogP) is 2.17. The molecule has 4 atom stereocenters. The summed E-state index contributed by atoms with van der Waals surface area (Å²) in [6, 6.07) is 9.97. The monoisotopic (exact) mass is 457 g/mol. The molecule has 0 aromatic heterocycles. The predicted molar refractivity (Wildman–Crippen MR) is 121 cm³/mol. The van der Waals surface area contributed by atoms with E-state index >= 15 is 0 Å². The number of fused-ring (bicyclic) bond motifs is 1. The lowest BCUT2D eigenvalue weighted by atomic mass is 9.83. The van der Waals surface area contributed by atoms with E-state index < -0.39 is 6.04 Å². The third kappa shape index (κ3) is 4.07. The molecular weight excluding hydrogens is 426 g/mol. The standard InChI is InChI=1S/C24H31N3O6/c1-30-11-7-10-27-22(14-12-17(31-2)23(33-4)18(13-14)32-3)19-20(25-26-21(19)24(27)29)15-8-5-6-9-16(15)28/h5-6,8-9,12-13,19-22,25-26,28H,7,10-11H2,1-4H3. The van der Waals surface area contributed by atoms with Gasteiger partial charge in [0.25, 0.3) is 0 Å². The van der Waals surface area contributed by atoms with Gasteiger partial charge >= 0.3 is 0 Å². The van der Waals surface area contributed by atoms with Crippen molar-refractivity contribution in [1.82, 2.24) is 15.8 Å². The molecule has 2 aliphatic rings. The average Bonchev–Trinajstić information content (AvgIpc) is 3.37. The van der Waals surface area contributed by atoms with Crippen LogP contribution < -0.4 is 25.1 Å². The Labute approximate surface area is 193 Å². The van der Waals surface area contributed by atoms with E-state index in [1.165, 1.54) is 0 Å². The summed E-state index contributed by atoms with van der Waals surface area (Å²) in [5.41, 5.74) is 8.02. The Morgan fingerprint density at radius 3 is 2.24 bits per heavy atom. The van der Waals surface area contributed by atoms with Crippen molar-refractivity contribution in [2.24, 2.45) is 5.92 Å². The first-order valence-electron chi connectivity index (χ1n) is 10.9. The van der Waals surface area contributed by atoms with Crippen molar-refractivity contribution in [1.29, 1.82) is 0 Å². The number of hydrogen-bond donors (Lipinski definition) is 3. The summed E-state index contributed by atoms with van der Waals surface area (Å²) in [4.78, 5) is 15.4. The molecule has 0 radical (unpaired) electrons. The largest absolute Gasteiger partial charge is 0.508 e. The molecule has 0 aliphatic carbocycles. The summed E-state index contributed by atoms with van der Waals surface area (Å²) in [6.07, 6.45) is 0.706. The number of benzene rings is 2. The summed E-state index contributed by atoms with van der Waals surface area (Å²) in [5, 5.41) is 10.5. The molecule has 4 rings (SSSR count). The van der Waals surface area contributed by atoms with Gasteiger partial charge in [-0.25, -0.2) is 10.9 Å². The Bertz CT molecular complexity index is 975. The van der Waals surface area contributed by atoms with Crippen LogP contribution in [0.5, 0.6) is 23.0 Å². The molecular formula is C24H31N3O6. The van der Waals surface area contributed by atoms with Crippen LogP contribution in [0, 0.1) is 5.92 Å². The van der Waals surface area contributed by atoms with Gasteiger partial charge in [0.1, 0.15) is 11.8 Å². The smallest absolute Gasteiger partial charge is 0.242 e. The number of likely N-dealkylation sites (tertiary alicyclic amines) is 1. The molecule has 9 heteroatoms. The van der Waals surface area contributed by atoms with Crippen LogP contribution in [0.2, 0.25) is 0 Å². The Morgan fingerprint density at radius 2 is 1.64 bits per heavy atom. The summed E-state index contributed by atoms with van der Waals surface area (Å²) in [6.45, 7) is 1.09. The zero-order chi connectivity index (χ0) is 23.5. The third-order valence-corrected chi connectivity index (χ3v) is 6.46. The number of carbonyl (C=O) groups excluding carboxylic acids is 1. The minimum atomic E-state index is -0.443. The first kappa shape index (κ1) is 23.2. The highest BCUT2D eigenvalue weighted by Crippen LogP contribution is 2.51. The van der Waals surface area contributed by atoms with Crippen LogP contribution in [-0.4, -0.2) is 63.5 Å². The van der Waals surface area contributed by atoms with Gasteiger partial charge in [0, 0.05) is 31.7 Å². The molecule has 3 N–H and O–H groups in total. The number of rotatable bonds is 9. The van der Waals surface area contributed by atoms with Crippen molar-refractivity contribution in [2.75, 3.05) is 41.6 Å². The molecule has 0 saturated carbocycles. The number of nitrogens with zero attached hydrogens (tertiary/aromatic N) is 1. The maximum atomic E-state index is 13.5. The number of methoxy groups -OCH3 is 4. The number of hydrazine groups is 1. The minimum absolute atomic E-state index is 0.000255. The van der Waals surface area contributed by atoms with Crippen LogP contribution >= 0.6 is 0 Å². The number of ether oxygens (including phenoxy) is 4. The van der Waals surface area contributed by atoms with Crippen LogP contribution in [0.25, 0.3) is 0 Å². The quantitative estimate of drug-likeness (QED) is 0.493. The van der Waals surface area contributed by atoms with E-state index in [9.17, 15) is 9.90 Å². The fourth-order valence-corrected chi connectivity index (χ4v) is 5.02. The normalized spacial score (nSPS) is 24.1. The van der Waals surface area contributed by atoms with Gasteiger partial charge in [-0.3, -0.25) is 4.79 Å². The molecule has 0 spiro atoms. The molecule has 2 fully saturated rings. The number of para-hydroxylation sites is 1. The van der Waals surface area contributed by atoms with Gasteiger partial charge in [0.15, 0.2) is 11.5 Å². The molecule has 33 heavy (non-hydrogen) atoms. The van der Waals surface area contributed by atoms with Crippen LogP contribution in [0.1, 0.15) is 29.6 Å². The summed E-state index contributed by atoms with van der Waals surface area (Å²) in [5.74, 6) is 1.55. The molecule has 2 saturated heterocycles. The van der Waals surface area contributed by atoms with E-state index in [1.807, 2.05) is 29.2 Å². The van der Waals surface area contributed by atoms with Gasteiger partial charge in [-0.05, 0) is 30.2 Å². The number of phenolic OH excluding ortho intramolecular Hbond substituents is 1. The maximum absolute atomic E-state index is 13.5. The van der Waals surface area contributed by atoms with Crippen molar-refractivity contribution >= 4 is 5.91 Å². The average molecular weight is 458 g/mol. The lowest BCUT2D eigenvalue weighted by molar-refractivity contribution is -0.131. The van der Waals surface area contributed by atoms with Gasteiger partial charge in [-0.1, -0.05) is 18.2 Å². The number of hydrogen-bond acceptors (Lipinski definition) is 8. The van der Waals surface area contributed by atoms with Gasteiger partial charge in [0.05, 0.1) is 33.4 Å². The first-order chi connectivity index (χ1) is 16.0. The van der Waals surface area contributed by atoms with Crippen LogP contribution in [0.4, 0.5) is 0 Å². The summed E-state index contributed by atoms with van der Waals surface area (Å²) < 4.78 is 21.9. The van der Waals surface area contributed by atoms with Crippen molar-refractivity contribution < 1.29 is 28.8 Å². The van der Waals surface area contributed by atoms with E-state index in [-0.39, 0.29) is 29.7 Å². The topological polar surface area (TPSA) is 102 Å². The van der Waals surface area contributed by atoms with E-state index in [0.29, 0.717) is 36.8 Å². The van der Waals surface area contributed by atoms with E-state index in [1.54, 1.807) is 40.6 Å². The minimum Gasteiger partial charge on any atom is -0.508 e. The van der Waals surface area contributed by atoms with E-state index in [4.69, 9.17) is 18.9 Å². The zero-order valence-corrected chi connectivity index (χ0v) is 19.3. The molecule has 2 aromatic carbocycles. The Morgan fingerprint density at radius 1 is 0.970 bits per heavy atom. The lowest BCUT2D eigenvalue weighted by Crippen LogP contribution is -2.41. The molecule has 2 aliphatic heterocycles. The van der Waals surface area contributed by atoms with Gasteiger partial charge < -0.3 is 29.0 Å². The highest BCUT2D eigenvalue weighted by atomic mass is 16.5. The number of amides is 1. The molecule has 178 valence electrons. The van der Waals surface area contributed by atoms with Gasteiger partial charge in [-0.15, -0.1) is 0 Å². The summed E-state index contributed by atoms with van der Waals surface area (Å²) >= 11 is 0. The number of aromatic hydroxyl groups is 1. The SMILES string of the molecule is COCCCN1C(=O)C2NNC(c3ccccc3O)C2C1c1cc(OC)c(OC)c(OC)c1. The van der Waals surface area contributed by atoms with Crippen LogP contribution in [0.3, 0.4) is 0 Å².